The van der Waals surface area contributed by atoms with E-state index in [1.807, 2.05) is 4.68 Å². The highest BCUT2D eigenvalue weighted by Gasteiger charge is 2.53. The highest BCUT2D eigenvalue weighted by molar-refractivity contribution is 7.89. The highest BCUT2D eigenvalue weighted by Crippen LogP contribution is 2.47. The van der Waals surface area contributed by atoms with Crippen molar-refractivity contribution in [3.8, 4) is 0 Å². The Labute approximate surface area is 151 Å². The molecule has 7 heteroatoms. The lowest BCUT2D eigenvalue weighted by atomic mass is 9.64. The summed E-state index contributed by atoms with van der Waals surface area (Å²) in [6, 6.07) is 0.321. The molecule has 0 aromatic carbocycles. The summed E-state index contributed by atoms with van der Waals surface area (Å²) in [5.74, 6) is 0. The Kier molecular flexibility index (Phi) is 5.28. The lowest BCUT2D eigenvalue weighted by Crippen LogP contribution is -2.62. The van der Waals surface area contributed by atoms with E-state index >= 15 is 0 Å². The van der Waals surface area contributed by atoms with Crippen LogP contribution in [0.4, 0.5) is 0 Å². The van der Waals surface area contributed by atoms with E-state index in [1.54, 1.807) is 13.2 Å². The molecule has 0 bridgehead atoms. The molecule has 6 nitrogen and oxygen atoms in total. The molecule has 0 amide bonds. The van der Waals surface area contributed by atoms with Gasteiger partial charge in [-0.15, -0.1) is 0 Å². The third-order valence-electron chi connectivity index (χ3n) is 6.09. The highest BCUT2D eigenvalue weighted by atomic mass is 32.2. The quantitative estimate of drug-likeness (QED) is 0.660. The number of rotatable bonds is 8. The predicted molar refractivity (Wildman–Crippen MR) is 96.9 cm³/mol. The van der Waals surface area contributed by atoms with Crippen LogP contribution in [0.2, 0.25) is 0 Å². The van der Waals surface area contributed by atoms with Crippen LogP contribution in [-0.2, 0) is 14.8 Å². The van der Waals surface area contributed by atoms with Crippen molar-refractivity contribution in [2.75, 3.05) is 13.7 Å². The third-order valence-corrected chi connectivity index (χ3v) is 7.90. The minimum Gasteiger partial charge on any atom is -0.378 e. The fraction of sp³-hybridized carbons (Fsp3) is 0.833. The van der Waals surface area contributed by atoms with Crippen LogP contribution in [-0.4, -0.2) is 48.3 Å². The van der Waals surface area contributed by atoms with E-state index < -0.39 is 10.0 Å². The van der Waals surface area contributed by atoms with Gasteiger partial charge in [-0.2, -0.15) is 9.40 Å². The molecule has 0 spiro atoms. The zero-order valence-corrected chi connectivity index (χ0v) is 16.6. The summed E-state index contributed by atoms with van der Waals surface area (Å²) in [5, 5.41) is 4.28. The van der Waals surface area contributed by atoms with Gasteiger partial charge in [-0.05, 0) is 32.1 Å². The summed E-state index contributed by atoms with van der Waals surface area (Å²) in [6.45, 7) is 7.09. The monoisotopic (exact) mass is 369 g/mol. The van der Waals surface area contributed by atoms with Crippen LogP contribution >= 0.6 is 0 Å². The Morgan fingerprint density at radius 1 is 1.40 bits per heavy atom. The van der Waals surface area contributed by atoms with Gasteiger partial charge in [0.2, 0.25) is 10.0 Å². The Morgan fingerprint density at radius 2 is 2.12 bits per heavy atom. The summed E-state index contributed by atoms with van der Waals surface area (Å²) in [6.07, 6.45) is 9.58. The molecular weight excluding hydrogens is 338 g/mol. The lowest BCUT2D eigenvalue weighted by molar-refractivity contribution is -0.133. The average Bonchev–Trinajstić information content (AvgIpc) is 2.98. The van der Waals surface area contributed by atoms with Crippen molar-refractivity contribution in [2.45, 2.75) is 82.4 Å². The largest absolute Gasteiger partial charge is 0.378 e. The van der Waals surface area contributed by atoms with Gasteiger partial charge in [-0.25, -0.2) is 8.42 Å². The molecule has 1 aromatic rings. The smallest absolute Gasteiger partial charge is 0.246 e. The van der Waals surface area contributed by atoms with E-state index in [9.17, 15) is 8.42 Å². The number of nitrogens with zero attached hydrogens (tertiary/aromatic N) is 3. The molecular formula is C18H31N3O3S. The van der Waals surface area contributed by atoms with E-state index in [-0.39, 0.29) is 17.6 Å². The zero-order chi connectivity index (χ0) is 18.2. The first-order valence-corrected chi connectivity index (χ1v) is 10.9. The van der Waals surface area contributed by atoms with Gasteiger partial charge in [-0.3, -0.25) is 4.68 Å². The summed E-state index contributed by atoms with van der Waals surface area (Å²) in [4.78, 5) is 0.299. The van der Waals surface area contributed by atoms with Crippen molar-refractivity contribution in [2.24, 2.45) is 5.41 Å². The van der Waals surface area contributed by atoms with Crippen LogP contribution in [0.3, 0.4) is 0 Å². The zero-order valence-electron chi connectivity index (χ0n) is 15.8. The summed E-state index contributed by atoms with van der Waals surface area (Å²) >= 11 is 0. The molecule has 2 aliphatic rings. The minimum absolute atomic E-state index is 0.0452. The van der Waals surface area contributed by atoms with E-state index in [1.165, 1.54) is 16.9 Å². The molecule has 0 saturated heterocycles. The van der Waals surface area contributed by atoms with Crippen molar-refractivity contribution in [1.82, 2.24) is 14.1 Å². The molecule has 0 N–H and O–H groups in total. The van der Waals surface area contributed by atoms with Gasteiger partial charge in [0.25, 0.3) is 0 Å². The van der Waals surface area contributed by atoms with E-state index in [0.717, 1.165) is 38.7 Å². The van der Waals surface area contributed by atoms with Crippen LogP contribution in [0.5, 0.6) is 0 Å². The molecule has 2 atom stereocenters. The summed E-state index contributed by atoms with van der Waals surface area (Å²) in [7, 11) is -1.84. The molecule has 2 saturated carbocycles. The van der Waals surface area contributed by atoms with Gasteiger partial charge in [-0.1, -0.05) is 27.2 Å². The Hall–Kier alpha value is -0.920. The minimum atomic E-state index is -3.52. The molecule has 2 fully saturated rings. The van der Waals surface area contributed by atoms with E-state index in [2.05, 4.69) is 25.9 Å². The average molecular weight is 370 g/mol. The second kappa shape index (κ2) is 7.00. The molecule has 25 heavy (non-hydrogen) atoms. The summed E-state index contributed by atoms with van der Waals surface area (Å²) < 4.78 is 35.3. The van der Waals surface area contributed by atoms with Crippen LogP contribution in [0, 0.1) is 5.41 Å². The van der Waals surface area contributed by atoms with Crippen LogP contribution in [0.1, 0.15) is 65.3 Å². The first kappa shape index (κ1) is 18.9. The first-order chi connectivity index (χ1) is 11.8. The molecule has 142 valence electrons. The number of aromatic nitrogens is 2. The van der Waals surface area contributed by atoms with Gasteiger partial charge in [0.1, 0.15) is 4.90 Å². The second-order valence-corrected chi connectivity index (χ2v) is 10.0. The van der Waals surface area contributed by atoms with Crippen molar-refractivity contribution < 1.29 is 13.2 Å². The van der Waals surface area contributed by atoms with Gasteiger partial charge in [0, 0.05) is 31.3 Å². The Balaban J connectivity index is 1.67. The summed E-state index contributed by atoms with van der Waals surface area (Å²) in [5.41, 5.74) is -0.181. The standard InChI is InChI=1S/C18H31N3O3S/c1-5-6-10-24-17-11-16(18(17,2)3)20(4)25(22,23)15-12-19-21(13-15)14-8-7-9-14/h12-14,16-17H,5-11H2,1-4H3. The number of hydrogen-bond acceptors (Lipinski definition) is 4. The molecule has 0 aliphatic heterocycles. The molecule has 1 aromatic heterocycles. The molecule has 3 rings (SSSR count). The van der Waals surface area contributed by atoms with Crippen molar-refractivity contribution in [3.63, 3.8) is 0 Å². The second-order valence-electron chi connectivity index (χ2n) is 8.05. The van der Waals surface area contributed by atoms with Gasteiger partial charge < -0.3 is 4.74 Å². The fourth-order valence-corrected chi connectivity index (χ4v) is 5.22. The molecule has 1 heterocycles. The number of ether oxygens (including phenoxy) is 1. The van der Waals surface area contributed by atoms with Crippen LogP contribution < -0.4 is 0 Å². The van der Waals surface area contributed by atoms with E-state index in [4.69, 9.17) is 4.74 Å². The number of unbranched alkanes of at least 4 members (excludes halogenated alkanes) is 1. The SMILES string of the molecule is CCCCOC1CC(N(C)S(=O)(=O)c2cnn(C3CCC3)c2)C1(C)C. The van der Waals surface area contributed by atoms with Gasteiger partial charge in [0.05, 0.1) is 18.3 Å². The molecule has 2 aliphatic carbocycles. The van der Waals surface area contributed by atoms with Crippen molar-refractivity contribution >= 4 is 10.0 Å². The van der Waals surface area contributed by atoms with Crippen LogP contribution in [0.15, 0.2) is 17.3 Å². The normalized spacial score (nSPS) is 26.4. The maximum Gasteiger partial charge on any atom is 0.246 e. The topological polar surface area (TPSA) is 64.4 Å². The number of sulfonamides is 1. The molecule has 0 radical (unpaired) electrons. The Morgan fingerprint density at radius 3 is 2.68 bits per heavy atom. The van der Waals surface area contributed by atoms with Crippen molar-refractivity contribution in [1.29, 1.82) is 0 Å². The number of hydrogen-bond donors (Lipinski definition) is 0. The fourth-order valence-electron chi connectivity index (χ4n) is 3.77. The third kappa shape index (κ3) is 3.38. The maximum atomic E-state index is 13.0. The lowest BCUT2D eigenvalue weighted by Gasteiger charge is -2.54. The van der Waals surface area contributed by atoms with Gasteiger partial charge in [0.15, 0.2) is 0 Å². The molecule has 2 unspecified atom stereocenters. The predicted octanol–water partition coefficient (Wildman–Crippen LogP) is 3.21. The van der Waals surface area contributed by atoms with Crippen LogP contribution in [0.25, 0.3) is 0 Å². The van der Waals surface area contributed by atoms with Crippen molar-refractivity contribution in [3.05, 3.63) is 12.4 Å². The Bertz CT molecular complexity index is 694. The van der Waals surface area contributed by atoms with E-state index in [0.29, 0.717) is 10.9 Å². The first-order valence-electron chi connectivity index (χ1n) is 9.42. The van der Waals surface area contributed by atoms with Gasteiger partial charge >= 0.3 is 0 Å². The maximum absolute atomic E-state index is 13.0.